The van der Waals surface area contributed by atoms with E-state index in [-0.39, 0.29) is 0 Å². The highest BCUT2D eigenvalue weighted by molar-refractivity contribution is 7.89. The Morgan fingerprint density at radius 3 is 2.00 bits per heavy atom. The first-order valence-corrected chi connectivity index (χ1v) is 9.57. The third kappa shape index (κ3) is 8.16. The van der Waals surface area contributed by atoms with E-state index < -0.39 is 10.0 Å². The molecule has 1 aromatic carbocycles. The topological polar surface area (TPSA) is 70.0 Å². The lowest BCUT2D eigenvalue weighted by atomic mass is 10.1. The molecule has 0 saturated heterocycles. The van der Waals surface area contributed by atoms with Gasteiger partial charge in [0.2, 0.25) is 10.0 Å². The minimum absolute atomic E-state index is 0.326. The predicted molar refractivity (Wildman–Crippen MR) is 88.8 cm³/mol. The minimum Gasteiger partial charge on any atom is -0.211 e. The Bertz CT molecular complexity index is 536. The first kappa shape index (κ1) is 18.7. The lowest BCUT2D eigenvalue weighted by Gasteiger charge is -2.06. The number of unbranched alkanes of at least 4 members (excludes halogenated alkanes) is 8. The monoisotopic (exact) mass is 322 g/mol. The van der Waals surface area contributed by atoms with E-state index in [0.717, 1.165) is 32.1 Å². The molecule has 22 heavy (non-hydrogen) atoms. The first-order valence-electron chi connectivity index (χ1n) is 8.08. The van der Waals surface area contributed by atoms with Crippen molar-refractivity contribution < 1.29 is 8.42 Å². The quantitative estimate of drug-likeness (QED) is 0.591. The van der Waals surface area contributed by atoms with Gasteiger partial charge in [-0.2, -0.15) is 5.26 Å². The van der Waals surface area contributed by atoms with Crippen LogP contribution in [0.25, 0.3) is 0 Å². The van der Waals surface area contributed by atoms with Crippen molar-refractivity contribution in [2.75, 3.05) is 6.54 Å². The second-order valence-electron chi connectivity index (χ2n) is 5.45. The Balaban J connectivity index is 2.01. The van der Waals surface area contributed by atoms with Crippen LogP contribution in [0.5, 0.6) is 0 Å². The van der Waals surface area contributed by atoms with E-state index in [1.165, 1.54) is 19.3 Å². The third-order valence-corrected chi connectivity index (χ3v) is 5.04. The fraction of sp³-hybridized carbons (Fsp3) is 0.588. The summed E-state index contributed by atoms with van der Waals surface area (Å²) in [5.74, 6) is 0. The van der Waals surface area contributed by atoms with E-state index in [0.29, 0.717) is 17.9 Å². The van der Waals surface area contributed by atoms with Gasteiger partial charge in [-0.15, -0.1) is 0 Å². The van der Waals surface area contributed by atoms with E-state index in [4.69, 9.17) is 5.26 Å². The summed E-state index contributed by atoms with van der Waals surface area (Å²) < 4.78 is 26.6. The van der Waals surface area contributed by atoms with Gasteiger partial charge in [-0.1, -0.05) is 56.7 Å². The maximum Gasteiger partial charge on any atom is 0.240 e. The maximum absolute atomic E-state index is 12.0. The van der Waals surface area contributed by atoms with Crippen LogP contribution in [0, 0.1) is 11.3 Å². The SMILES string of the molecule is N#CCCCCCCCCCCNS(=O)(=O)c1ccccc1. The summed E-state index contributed by atoms with van der Waals surface area (Å²) in [6, 6.07) is 10.6. The minimum atomic E-state index is -3.35. The zero-order valence-corrected chi connectivity index (χ0v) is 13.9. The van der Waals surface area contributed by atoms with Crippen molar-refractivity contribution in [2.45, 2.75) is 62.7 Å². The van der Waals surface area contributed by atoms with Crippen molar-refractivity contribution >= 4 is 10.0 Å². The van der Waals surface area contributed by atoms with Crippen molar-refractivity contribution in [2.24, 2.45) is 0 Å². The van der Waals surface area contributed by atoms with Crippen molar-refractivity contribution in [3.05, 3.63) is 30.3 Å². The number of benzene rings is 1. The molecule has 0 amide bonds. The van der Waals surface area contributed by atoms with E-state index in [1.54, 1.807) is 30.3 Å². The van der Waals surface area contributed by atoms with Gasteiger partial charge in [-0.05, 0) is 25.0 Å². The van der Waals surface area contributed by atoms with Crippen LogP contribution in [-0.4, -0.2) is 15.0 Å². The highest BCUT2D eigenvalue weighted by atomic mass is 32.2. The Hall–Kier alpha value is -1.38. The highest BCUT2D eigenvalue weighted by Crippen LogP contribution is 2.10. The normalized spacial score (nSPS) is 11.2. The molecule has 0 aliphatic heterocycles. The summed E-state index contributed by atoms with van der Waals surface area (Å²) in [4.78, 5) is 0.326. The van der Waals surface area contributed by atoms with Crippen molar-refractivity contribution in [1.29, 1.82) is 5.26 Å². The number of rotatable bonds is 12. The van der Waals surface area contributed by atoms with Crippen LogP contribution < -0.4 is 4.72 Å². The Kier molecular flexibility index (Phi) is 9.52. The molecular formula is C17H26N2O2S. The summed E-state index contributed by atoms with van der Waals surface area (Å²) in [5.41, 5.74) is 0. The maximum atomic E-state index is 12.0. The van der Waals surface area contributed by atoms with Crippen molar-refractivity contribution in [3.8, 4) is 6.07 Å². The molecule has 4 nitrogen and oxygen atoms in total. The highest BCUT2D eigenvalue weighted by Gasteiger charge is 2.11. The number of hydrogen-bond acceptors (Lipinski definition) is 3. The molecule has 0 fully saturated rings. The molecule has 0 aromatic heterocycles. The van der Waals surface area contributed by atoms with Crippen molar-refractivity contribution in [1.82, 2.24) is 4.72 Å². The summed E-state index contributed by atoms with van der Waals surface area (Å²) in [6.45, 7) is 0.499. The van der Waals surface area contributed by atoms with E-state index in [1.807, 2.05) is 0 Å². The molecule has 0 radical (unpaired) electrons. The summed E-state index contributed by atoms with van der Waals surface area (Å²) in [7, 11) is -3.35. The third-order valence-electron chi connectivity index (χ3n) is 3.56. The summed E-state index contributed by atoms with van der Waals surface area (Å²) in [5, 5.41) is 8.42. The molecule has 0 atom stereocenters. The Labute approximate surface area is 134 Å². The van der Waals surface area contributed by atoms with Crippen LogP contribution in [0.15, 0.2) is 35.2 Å². The molecule has 1 aromatic rings. The van der Waals surface area contributed by atoms with Gasteiger partial charge in [0.25, 0.3) is 0 Å². The van der Waals surface area contributed by atoms with Gasteiger partial charge in [0.1, 0.15) is 0 Å². The summed E-state index contributed by atoms with van der Waals surface area (Å²) in [6.07, 6.45) is 9.49. The number of nitrogens with one attached hydrogen (secondary N) is 1. The number of nitrogens with zero attached hydrogens (tertiary/aromatic N) is 1. The van der Waals surface area contributed by atoms with Gasteiger partial charge < -0.3 is 0 Å². The molecule has 0 unspecified atom stereocenters. The van der Waals surface area contributed by atoms with Crippen LogP contribution in [-0.2, 0) is 10.0 Å². The second-order valence-corrected chi connectivity index (χ2v) is 7.21. The fourth-order valence-corrected chi connectivity index (χ4v) is 3.37. The van der Waals surface area contributed by atoms with Gasteiger partial charge in [0.15, 0.2) is 0 Å². The van der Waals surface area contributed by atoms with Crippen LogP contribution in [0.1, 0.15) is 57.8 Å². The molecule has 0 saturated carbocycles. The molecule has 122 valence electrons. The van der Waals surface area contributed by atoms with E-state index >= 15 is 0 Å². The van der Waals surface area contributed by atoms with Gasteiger partial charge in [0.05, 0.1) is 11.0 Å². The number of hydrogen-bond donors (Lipinski definition) is 1. The largest absolute Gasteiger partial charge is 0.240 e. The number of nitriles is 1. The van der Waals surface area contributed by atoms with Gasteiger partial charge in [-0.3, -0.25) is 0 Å². The summed E-state index contributed by atoms with van der Waals surface area (Å²) >= 11 is 0. The molecule has 0 spiro atoms. The fourth-order valence-electron chi connectivity index (χ4n) is 2.28. The molecule has 1 rings (SSSR count). The molecule has 0 heterocycles. The zero-order chi connectivity index (χ0) is 16.1. The van der Waals surface area contributed by atoms with Crippen LogP contribution in [0.4, 0.5) is 0 Å². The molecule has 1 N–H and O–H groups in total. The standard InChI is InChI=1S/C17H26N2O2S/c18-15-11-6-4-2-1-3-5-7-12-16-19-22(20,21)17-13-9-8-10-14-17/h8-10,13-14,19H,1-7,11-12,16H2. The first-order chi connectivity index (χ1) is 10.7. The van der Waals surface area contributed by atoms with Crippen LogP contribution >= 0.6 is 0 Å². The van der Waals surface area contributed by atoms with E-state index in [2.05, 4.69) is 10.8 Å². The molecule has 0 bridgehead atoms. The molecule has 5 heteroatoms. The predicted octanol–water partition coefficient (Wildman–Crippen LogP) is 4.00. The van der Waals surface area contributed by atoms with Crippen LogP contribution in [0.3, 0.4) is 0 Å². The molecule has 0 aliphatic carbocycles. The number of sulfonamides is 1. The van der Waals surface area contributed by atoms with Crippen molar-refractivity contribution in [3.63, 3.8) is 0 Å². The lowest BCUT2D eigenvalue weighted by molar-refractivity contribution is 0.556. The average Bonchev–Trinajstić information content (AvgIpc) is 2.53. The molecular weight excluding hydrogens is 296 g/mol. The van der Waals surface area contributed by atoms with Crippen LogP contribution in [0.2, 0.25) is 0 Å². The molecule has 0 aliphatic rings. The van der Waals surface area contributed by atoms with E-state index in [9.17, 15) is 8.42 Å². The van der Waals surface area contributed by atoms with Gasteiger partial charge in [0, 0.05) is 13.0 Å². The lowest BCUT2D eigenvalue weighted by Crippen LogP contribution is -2.24. The average molecular weight is 322 g/mol. The smallest absolute Gasteiger partial charge is 0.211 e. The Morgan fingerprint density at radius 1 is 0.864 bits per heavy atom. The Morgan fingerprint density at radius 2 is 1.41 bits per heavy atom. The van der Waals surface area contributed by atoms with Gasteiger partial charge >= 0.3 is 0 Å². The zero-order valence-electron chi connectivity index (χ0n) is 13.1. The van der Waals surface area contributed by atoms with Gasteiger partial charge in [-0.25, -0.2) is 13.1 Å². The second kappa shape index (κ2) is 11.2.